The van der Waals surface area contributed by atoms with Crippen molar-refractivity contribution < 1.29 is 14.6 Å². The highest BCUT2D eigenvalue weighted by Gasteiger charge is 2.04. The zero-order valence-electron chi connectivity index (χ0n) is 9.97. The molecule has 0 N–H and O–H groups in total. The van der Waals surface area contributed by atoms with Crippen molar-refractivity contribution in [3.8, 4) is 5.75 Å². The van der Waals surface area contributed by atoms with Crippen molar-refractivity contribution in [3.05, 3.63) is 45.4 Å². The van der Waals surface area contributed by atoms with Gasteiger partial charge in [-0.05, 0) is 12.1 Å². The summed E-state index contributed by atoms with van der Waals surface area (Å²) >= 11 is 7.37. The third-order valence-corrected chi connectivity index (χ3v) is 3.60. The summed E-state index contributed by atoms with van der Waals surface area (Å²) in [5, 5.41) is 13.6. The quantitative estimate of drug-likeness (QED) is 0.814. The number of aromatic nitrogens is 1. The van der Waals surface area contributed by atoms with E-state index in [1.807, 2.05) is 12.1 Å². The highest BCUT2D eigenvalue weighted by atomic mass is 35.5. The van der Waals surface area contributed by atoms with Gasteiger partial charge in [0.1, 0.15) is 5.75 Å². The highest BCUT2D eigenvalue weighted by molar-refractivity contribution is 7.09. The molecule has 1 aromatic heterocycles. The summed E-state index contributed by atoms with van der Waals surface area (Å²) in [5.41, 5.74) is 0.526. The van der Waals surface area contributed by atoms with E-state index in [9.17, 15) is 9.90 Å². The first-order valence-corrected chi connectivity index (χ1v) is 6.91. The van der Waals surface area contributed by atoms with Crippen LogP contribution in [0.15, 0.2) is 29.6 Å². The Labute approximate surface area is 119 Å². The van der Waals surface area contributed by atoms with Crippen molar-refractivity contribution in [2.75, 3.05) is 6.61 Å². The van der Waals surface area contributed by atoms with Crippen molar-refractivity contribution in [1.82, 2.24) is 4.98 Å². The number of rotatable bonds is 6. The fourth-order valence-electron chi connectivity index (χ4n) is 1.50. The molecule has 100 valence electrons. The summed E-state index contributed by atoms with van der Waals surface area (Å²) in [6, 6.07) is 7.24. The van der Waals surface area contributed by atoms with Gasteiger partial charge in [0.15, 0.2) is 0 Å². The van der Waals surface area contributed by atoms with E-state index in [1.54, 1.807) is 17.5 Å². The highest BCUT2D eigenvalue weighted by Crippen LogP contribution is 2.23. The summed E-state index contributed by atoms with van der Waals surface area (Å²) in [4.78, 5) is 14.6. The van der Waals surface area contributed by atoms with Crippen molar-refractivity contribution in [2.24, 2.45) is 0 Å². The second kappa shape index (κ2) is 6.54. The van der Waals surface area contributed by atoms with E-state index in [0.717, 1.165) is 5.01 Å². The number of halogens is 1. The van der Waals surface area contributed by atoms with Crippen molar-refractivity contribution in [1.29, 1.82) is 0 Å². The molecule has 0 saturated carbocycles. The first kappa shape index (κ1) is 13.8. The van der Waals surface area contributed by atoms with Crippen LogP contribution in [0.2, 0.25) is 5.02 Å². The summed E-state index contributed by atoms with van der Waals surface area (Å²) < 4.78 is 5.54. The lowest BCUT2D eigenvalue weighted by Gasteiger charge is -2.06. The average Bonchev–Trinajstić information content (AvgIpc) is 2.78. The summed E-state index contributed by atoms with van der Waals surface area (Å²) in [5.74, 6) is -0.486. The van der Waals surface area contributed by atoms with Gasteiger partial charge in [0.05, 0.1) is 22.3 Å². The normalized spacial score (nSPS) is 10.4. The molecule has 0 saturated heterocycles. The minimum atomic E-state index is -1.12. The molecule has 0 aliphatic carbocycles. The molecule has 0 unspecified atom stereocenters. The molecule has 2 aromatic rings. The second-order valence-electron chi connectivity index (χ2n) is 3.81. The molecule has 0 aliphatic heterocycles. The van der Waals surface area contributed by atoms with Crippen LogP contribution >= 0.6 is 22.9 Å². The number of aliphatic carboxylic acids is 1. The summed E-state index contributed by atoms with van der Waals surface area (Å²) in [6.07, 6.45) is 0.463. The largest absolute Gasteiger partial charge is 0.550 e. The van der Waals surface area contributed by atoms with Gasteiger partial charge >= 0.3 is 0 Å². The van der Waals surface area contributed by atoms with Gasteiger partial charge in [-0.1, -0.05) is 23.7 Å². The average molecular weight is 297 g/mol. The number of carboxylic acids is 1. The topological polar surface area (TPSA) is 62.2 Å². The van der Waals surface area contributed by atoms with E-state index < -0.39 is 5.97 Å². The Morgan fingerprint density at radius 2 is 2.21 bits per heavy atom. The number of hydrogen-bond donors (Lipinski definition) is 0. The maximum Gasteiger partial charge on any atom is 0.137 e. The molecular weight excluding hydrogens is 286 g/mol. The molecule has 4 nitrogen and oxygen atoms in total. The molecule has 0 atom stereocenters. The Morgan fingerprint density at radius 1 is 1.42 bits per heavy atom. The minimum absolute atomic E-state index is 0.151. The lowest BCUT2D eigenvalue weighted by Crippen LogP contribution is -2.24. The van der Waals surface area contributed by atoms with E-state index in [0.29, 0.717) is 29.5 Å². The third kappa shape index (κ3) is 4.22. The number of benzene rings is 1. The van der Waals surface area contributed by atoms with Gasteiger partial charge in [0.2, 0.25) is 0 Å². The summed E-state index contributed by atoms with van der Waals surface area (Å²) in [7, 11) is 0. The van der Waals surface area contributed by atoms with Gasteiger partial charge in [-0.15, -0.1) is 11.3 Å². The first-order chi connectivity index (χ1) is 9.15. The van der Waals surface area contributed by atoms with Crippen molar-refractivity contribution >= 4 is 28.9 Å². The molecule has 19 heavy (non-hydrogen) atoms. The predicted octanol–water partition coefficient (Wildman–Crippen LogP) is 1.71. The van der Waals surface area contributed by atoms with Crippen LogP contribution in [-0.4, -0.2) is 17.6 Å². The summed E-state index contributed by atoms with van der Waals surface area (Å²) in [6.45, 7) is 0.446. The van der Waals surface area contributed by atoms with Crippen molar-refractivity contribution in [3.63, 3.8) is 0 Å². The molecule has 0 fully saturated rings. The number of carboxylic acid groups (broad SMARTS) is 1. The molecule has 0 amide bonds. The van der Waals surface area contributed by atoms with Crippen LogP contribution in [0.25, 0.3) is 0 Å². The maximum atomic E-state index is 10.4. The molecule has 0 radical (unpaired) electrons. The molecular formula is C13H11ClNO3S-. The molecule has 0 spiro atoms. The number of thiazole rings is 1. The van der Waals surface area contributed by atoms with Crippen LogP contribution in [0.1, 0.15) is 10.7 Å². The van der Waals surface area contributed by atoms with Crippen LogP contribution in [0.5, 0.6) is 5.75 Å². The SMILES string of the molecule is O=C([O-])Cc1csc(CCOc2ccccc2Cl)n1. The number of para-hydroxylation sites is 1. The Kier molecular flexibility index (Phi) is 4.76. The zero-order valence-corrected chi connectivity index (χ0v) is 11.5. The van der Waals surface area contributed by atoms with Crippen LogP contribution in [-0.2, 0) is 17.6 Å². The van der Waals surface area contributed by atoms with Gasteiger partial charge < -0.3 is 14.6 Å². The van der Waals surface area contributed by atoms with Gasteiger partial charge in [-0.2, -0.15) is 0 Å². The fourth-order valence-corrected chi connectivity index (χ4v) is 2.47. The van der Waals surface area contributed by atoms with E-state index in [4.69, 9.17) is 16.3 Å². The van der Waals surface area contributed by atoms with Crippen LogP contribution in [0.3, 0.4) is 0 Å². The number of ether oxygens (including phenoxy) is 1. The third-order valence-electron chi connectivity index (χ3n) is 2.33. The Balaban J connectivity index is 1.84. The minimum Gasteiger partial charge on any atom is -0.550 e. The van der Waals surface area contributed by atoms with Gasteiger partial charge in [0.25, 0.3) is 0 Å². The Hall–Kier alpha value is -1.59. The van der Waals surface area contributed by atoms with E-state index >= 15 is 0 Å². The maximum absolute atomic E-state index is 10.4. The number of carbonyl (C=O) groups excluding carboxylic acids is 1. The zero-order chi connectivity index (χ0) is 13.7. The van der Waals surface area contributed by atoms with Gasteiger partial charge in [0, 0.05) is 24.2 Å². The van der Waals surface area contributed by atoms with Crippen molar-refractivity contribution in [2.45, 2.75) is 12.8 Å². The lowest BCUT2D eigenvalue weighted by atomic mass is 10.3. The second-order valence-corrected chi connectivity index (χ2v) is 5.16. The molecule has 2 rings (SSSR count). The molecule has 0 bridgehead atoms. The van der Waals surface area contributed by atoms with Gasteiger partial charge in [-0.25, -0.2) is 4.98 Å². The fraction of sp³-hybridized carbons (Fsp3) is 0.231. The molecule has 6 heteroatoms. The van der Waals surface area contributed by atoms with Crippen LogP contribution in [0.4, 0.5) is 0 Å². The lowest BCUT2D eigenvalue weighted by molar-refractivity contribution is -0.304. The first-order valence-electron chi connectivity index (χ1n) is 5.65. The predicted molar refractivity (Wildman–Crippen MR) is 71.5 cm³/mol. The molecule has 0 aliphatic rings. The Morgan fingerprint density at radius 3 is 2.95 bits per heavy atom. The number of hydrogen-bond acceptors (Lipinski definition) is 5. The molecule has 1 aromatic carbocycles. The number of carbonyl (C=O) groups is 1. The van der Waals surface area contributed by atoms with Gasteiger partial charge in [-0.3, -0.25) is 0 Å². The van der Waals surface area contributed by atoms with E-state index in [1.165, 1.54) is 11.3 Å². The van der Waals surface area contributed by atoms with E-state index in [-0.39, 0.29) is 6.42 Å². The standard InChI is InChI=1S/C13H12ClNO3S/c14-10-3-1-2-4-11(10)18-6-5-12-15-9(8-19-12)7-13(16)17/h1-4,8H,5-7H2,(H,16,17)/p-1. The monoisotopic (exact) mass is 296 g/mol. The number of nitrogens with zero attached hydrogens (tertiary/aromatic N) is 1. The smallest absolute Gasteiger partial charge is 0.137 e. The Bertz CT molecular complexity index is 571. The van der Waals surface area contributed by atoms with Crippen LogP contribution in [0, 0.1) is 0 Å². The van der Waals surface area contributed by atoms with Crippen LogP contribution < -0.4 is 9.84 Å². The van der Waals surface area contributed by atoms with E-state index in [2.05, 4.69) is 4.98 Å². The molecule has 1 heterocycles.